The Morgan fingerprint density at radius 2 is 2.10 bits per heavy atom. The van der Waals surface area contributed by atoms with Crippen molar-refractivity contribution in [3.05, 3.63) is 41.2 Å². The summed E-state index contributed by atoms with van der Waals surface area (Å²) < 4.78 is 7.53. The lowest BCUT2D eigenvalue weighted by Gasteiger charge is -2.21. The van der Waals surface area contributed by atoms with Gasteiger partial charge in [-0.3, -0.25) is 0 Å². The second-order valence-corrected chi connectivity index (χ2v) is 5.01. The molecule has 0 spiro atoms. The van der Waals surface area contributed by atoms with Gasteiger partial charge < -0.3 is 10.1 Å². The molecule has 20 heavy (non-hydrogen) atoms. The lowest BCUT2D eigenvalue weighted by Crippen LogP contribution is -2.20. The number of hydrogen-bond acceptors (Lipinski definition) is 3. The molecule has 0 radical (unpaired) electrons. The van der Waals surface area contributed by atoms with Gasteiger partial charge in [-0.15, -0.1) is 0 Å². The molecule has 4 nitrogen and oxygen atoms in total. The van der Waals surface area contributed by atoms with Crippen LogP contribution in [0.25, 0.3) is 5.69 Å². The zero-order chi connectivity index (χ0) is 14.7. The van der Waals surface area contributed by atoms with Crippen LogP contribution in [0.15, 0.2) is 24.3 Å². The molecule has 1 aromatic carbocycles. The van der Waals surface area contributed by atoms with Crippen LogP contribution in [0.4, 0.5) is 0 Å². The fourth-order valence-corrected chi connectivity index (χ4v) is 2.61. The van der Waals surface area contributed by atoms with Crippen LogP contribution in [0.3, 0.4) is 0 Å². The SMILES string of the molecule is CCNC(C)c1c(OC)cccc1-n1nc(C)cc1C. The summed E-state index contributed by atoms with van der Waals surface area (Å²) in [5.41, 5.74) is 4.36. The molecule has 2 rings (SSSR count). The molecule has 0 aliphatic heterocycles. The monoisotopic (exact) mass is 273 g/mol. The van der Waals surface area contributed by atoms with Gasteiger partial charge >= 0.3 is 0 Å². The molecule has 1 heterocycles. The van der Waals surface area contributed by atoms with Crippen molar-refractivity contribution in [2.75, 3.05) is 13.7 Å². The smallest absolute Gasteiger partial charge is 0.125 e. The summed E-state index contributed by atoms with van der Waals surface area (Å²) in [7, 11) is 1.71. The number of nitrogens with zero attached hydrogens (tertiary/aromatic N) is 2. The van der Waals surface area contributed by atoms with E-state index in [0.717, 1.165) is 34.9 Å². The molecule has 1 atom stereocenters. The number of rotatable bonds is 5. The van der Waals surface area contributed by atoms with Gasteiger partial charge in [0.2, 0.25) is 0 Å². The fourth-order valence-electron chi connectivity index (χ4n) is 2.61. The topological polar surface area (TPSA) is 39.1 Å². The molecule has 0 bridgehead atoms. The zero-order valence-corrected chi connectivity index (χ0v) is 12.9. The lowest BCUT2D eigenvalue weighted by molar-refractivity contribution is 0.401. The molecule has 1 N–H and O–H groups in total. The highest BCUT2D eigenvalue weighted by Crippen LogP contribution is 2.31. The first-order valence-corrected chi connectivity index (χ1v) is 7.02. The second-order valence-electron chi connectivity index (χ2n) is 5.01. The minimum atomic E-state index is 0.204. The molecule has 108 valence electrons. The minimum absolute atomic E-state index is 0.204. The minimum Gasteiger partial charge on any atom is -0.496 e. The first kappa shape index (κ1) is 14.6. The summed E-state index contributed by atoms with van der Waals surface area (Å²) in [6, 6.07) is 8.38. The number of hydrogen-bond donors (Lipinski definition) is 1. The summed E-state index contributed by atoms with van der Waals surface area (Å²) >= 11 is 0. The van der Waals surface area contributed by atoms with Crippen molar-refractivity contribution >= 4 is 0 Å². The maximum atomic E-state index is 5.54. The van der Waals surface area contributed by atoms with Gasteiger partial charge in [0.1, 0.15) is 5.75 Å². The number of ether oxygens (including phenoxy) is 1. The molecule has 0 aliphatic rings. The van der Waals surface area contributed by atoms with Gasteiger partial charge in [-0.25, -0.2) is 4.68 Å². The number of aromatic nitrogens is 2. The van der Waals surface area contributed by atoms with Gasteiger partial charge in [-0.05, 0) is 45.5 Å². The molecular weight excluding hydrogens is 250 g/mol. The van der Waals surface area contributed by atoms with E-state index in [1.807, 2.05) is 23.7 Å². The van der Waals surface area contributed by atoms with E-state index in [4.69, 9.17) is 4.74 Å². The average molecular weight is 273 g/mol. The highest BCUT2D eigenvalue weighted by atomic mass is 16.5. The molecule has 1 unspecified atom stereocenters. The summed E-state index contributed by atoms with van der Waals surface area (Å²) in [5, 5.41) is 8.04. The Morgan fingerprint density at radius 3 is 2.65 bits per heavy atom. The highest BCUT2D eigenvalue weighted by molar-refractivity contribution is 5.52. The van der Waals surface area contributed by atoms with Crippen molar-refractivity contribution < 1.29 is 4.74 Å². The molecule has 2 aromatic rings. The van der Waals surface area contributed by atoms with Crippen molar-refractivity contribution in [2.24, 2.45) is 0 Å². The summed E-state index contributed by atoms with van der Waals surface area (Å²) in [5.74, 6) is 0.892. The fraction of sp³-hybridized carbons (Fsp3) is 0.438. The van der Waals surface area contributed by atoms with Crippen LogP contribution in [0.2, 0.25) is 0 Å². The third kappa shape index (κ3) is 2.70. The summed E-state index contributed by atoms with van der Waals surface area (Å²) in [6.07, 6.45) is 0. The number of aryl methyl sites for hydroxylation is 2. The van der Waals surface area contributed by atoms with Crippen molar-refractivity contribution in [1.82, 2.24) is 15.1 Å². The van der Waals surface area contributed by atoms with Crippen molar-refractivity contribution in [3.8, 4) is 11.4 Å². The average Bonchev–Trinajstić information content (AvgIpc) is 2.77. The largest absolute Gasteiger partial charge is 0.496 e. The molecule has 0 saturated heterocycles. The van der Waals surface area contributed by atoms with E-state index in [1.165, 1.54) is 0 Å². The standard InChI is InChI=1S/C16H23N3O/c1-6-17-13(4)16-14(8-7-9-15(16)20-5)19-12(3)10-11(2)18-19/h7-10,13,17H,6H2,1-5H3. The van der Waals surface area contributed by atoms with E-state index in [0.29, 0.717) is 0 Å². The maximum Gasteiger partial charge on any atom is 0.125 e. The van der Waals surface area contributed by atoms with E-state index in [-0.39, 0.29) is 6.04 Å². The third-order valence-corrected chi connectivity index (χ3v) is 3.44. The Labute approximate surface area is 120 Å². The van der Waals surface area contributed by atoms with Crippen LogP contribution in [0.1, 0.15) is 36.8 Å². The molecule has 0 aliphatic carbocycles. The normalized spacial score (nSPS) is 12.4. The second kappa shape index (κ2) is 6.09. The van der Waals surface area contributed by atoms with Crippen LogP contribution >= 0.6 is 0 Å². The van der Waals surface area contributed by atoms with E-state index in [9.17, 15) is 0 Å². The maximum absolute atomic E-state index is 5.54. The predicted octanol–water partition coefficient (Wildman–Crippen LogP) is 3.17. The Kier molecular flexibility index (Phi) is 4.45. The van der Waals surface area contributed by atoms with Crippen LogP contribution in [-0.4, -0.2) is 23.4 Å². The van der Waals surface area contributed by atoms with E-state index in [1.54, 1.807) is 7.11 Å². The summed E-state index contributed by atoms with van der Waals surface area (Å²) in [4.78, 5) is 0. The van der Waals surface area contributed by atoms with Gasteiger partial charge in [0, 0.05) is 17.3 Å². The van der Waals surface area contributed by atoms with Gasteiger partial charge in [-0.1, -0.05) is 13.0 Å². The van der Waals surface area contributed by atoms with Crippen molar-refractivity contribution in [2.45, 2.75) is 33.7 Å². The number of nitrogens with one attached hydrogen (secondary N) is 1. The Morgan fingerprint density at radius 1 is 1.35 bits per heavy atom. The zero-order valence-electron chi connectivity index (χ0n) is 12.9. The lowest BCUT2D eigenvalue weighted by atomic mass is 10.0. The Hall–Kier alpha value is -1.81. The molecular formula is C16H23N3O. The van der Waals surface area contributed by atoms with Crippen LogP contribution in [0.5, 0.6) is 5.75 Å². The molecule has 0 saturated carbocycles. The van der Waals surface area contributed by atoms with Gasteiger partial charge in [-0.2, -0.15) is 5.10 Å². The van der Waals surface area contributed by atoms with E-state index in [2.05, 4.69) is 43.3 Å². The molecule has 4 heteroatoms. The first-order chi connectivity index (χ1) is 9.58. The van der Waals surface area contributed by atoms with Crippen LogP contribution in [-0.2, 0) is 0 Å². The quantitative estimate of drug-likeness (QED) is 0.909. The first-order valence-electron chi connectivity index (χ1n) is 7.02. The van der Waals surface area contributed by atoms with Gasteiger partial charge in [0.15, 0.2) is 0 Å². The Balaban J connectivity index is 2.60. The van der Waals surface area contributed by atoms with E-state index < -0.39 is 0 Å². The van der Waals surface area contributed by atoms with Gasteiger partial charge in [0.05, 0.1) is 18.5 Å². The molecule has 1 aromatic heterocycles. The van der Waals surface area contributed by atoms with Crippen LogP contribution in [0, 0.1) is 13.8 Å². The predicted molar refractivity (Wildman–Crippen MR) is 81.7 cm³/mol. The number of benzene rings is 1. The van der Waals surface area contributed by atoms with E-state index >= 15 is 0 Å². The summed E-state index contributed by atoms with van der Waals surface area (Å²) in [6.45, 7) is 9.25. The molecule has 0 fully saturated rings. The Bertz CT molecular complexity index is 589. The van der Waals surface area contributed by atoms with Crippen molar-refractivity contribution in [3.63, 3.8) is 0 Å². The molecule has 0 amide bonds. The van der Waals surface area contributed by atoms with Gasteiger partial charge in [0.25, 0.3) is 0 Å². The number of methoxy groups -OCH3 is 1. The third-order valence-electron chi connectivity index (χ3n) is 3.44. The van der Waals surface area contributed by atoms with Crippen molar-refractivity contribution in [1.29, 1.82) is 0 Å². The highest BCUT2D eigenvalue weighted by Gasteiger charge is 2.18. The van der Waals surface area contributed by atoms with Crippen LogP contribution < -0.4 is 10.1 Å².